The van der Waals surface area contributed by atoms with E-state index in [1.54, 1.807) is 6.92 Å². The molecule has 126 valence electrons. The molecule has 2 N–H and O–H groups in total. The van der Waals surface area contributed by atoms with Gasteiger partial charge in [-0.05, 0) is 44.0 Å². The summed E-state index contributed by atoms with van der Waals surface area (Å²) in [6, 6.07) is 8.19. The van der Waals surface area contributed by atoms with E-state index in [1.807, 2.05) is 31.2 Å². The lowest BCUT2D eigenvalue weighted by Gasteiger charge is -2.34. The predicted octanol–water partition coefficient (Wildman–Crippen LogP) is 2.90. The van der Waals surface area contributed by atoms with Gasteiger partial charge in [0, 0.05) is 36.9 Å². The number of benzene rings is 1. The Kier molecular flexibility index (Phi) is 6.45. The Morgan fingerprint density at radius 2 is 1.87 bits per heavy atom. The Morgan fingerprint density at radius 1 is 1.26 bits per heavy atom. The number of hydrogen-bond acceptors (Lipinski definition) is 3. The van der Waals surface area contributed by atoms with Gasteiger partial charge in [-0.15, -0.1) is 0 Å². The molecule has 1 aliphatic rings. The van der Waals surface area contributed by atoms with Crippen LogP contribution in [0.4, 0.5) is 11.4 Å². The van der Waals surface area contributed by atoms with Crippen molar-refractivity contribution in [2.45, 2.75) is 44.0 Å². The van der Waals surface area contributed by atoms with Gasteiger partial charge >= 0.3 is 0 Å². The van der Waals surface area contributed by atoms with Gasteiger partial charge in [0.25, 0.3) is 0 Å². The van der Waals surface area contributed by atoms with E-state index in [2.05, 4.69) is 31.5 Å². The van der Waals surface area contributed by atoms with Crippen molar-refractivity contribution in [1.82, 2.24) is 5.32 Å². The molecule has 0 aliphatic carbocycles. The molecule has 1 unspecified atom stereocenters. The molecule has 2 amide bonds. The molecular weight excluding hydrogens is 358 g/mol. The van der Waals surface area contributed by atoms with E-state index in [1.165, 1.54) is 0 Å². The second-order valence-electron chi connectivity index (χ2n) is 5.83. The number of anilines is 2. The second kappa shape index (κ2) is 8.34. The van der Waals surface area contributed by atoms with Gasteiger partial charge in [-0.2, -0.15) is 0 Å². The van der Waals surface area contributed by atoms with Crippen LogP contribution in [0.5, 0.6) is 0 Å². The van der Waals surface area contributed by atoms with E-state index >= 15 is 0 Å². The SMILES string of the molecule is CCC(=O)NC1CCN(c2ccc(NC(=O)C(C)Br)cc2)CC1. The molecule has 1 aromatic rings. The zero-order valence-corrected chi connectivity index (χ0v) is 15.2. The molecule has 6 heteroatoms. The summed E-state index contributed by atoms with van der Waals surface area (Å²) >= 11 is 3.25. The van der Waals surface area contributed by atoms with Crippen LogP contribution in [0.2, 0.25) is 0 Å². The monoisotopic (exact) mass is 381 g/mol. The number of carbonyl (C=O) groups is 2. The maximum atomic E-state index is 11.6. The number of halogens is 1. The Labute approximate surface area is 145 Å². The number of nitrogens with one attached hydrogen (secondary N) is 2. The van der Waals surface area contributed by atoms with Crippen molar-refractivity contribution in [3.63, 3.8) is 0 Å². The largest absolute Gasteiger partial charge is 0.371 e. The Hall–Kier alpha value is -1.56. The normalized spacial score (nSPS) is 16.7. The fraction of sp³-hybridized carbons (Fsp3) is 0.529. The van der Waals surface area contributed by atoms with Crippen molar-refractivity contribution < 1.29 is 9.59 Å². The minimum atomic E-state index is -0.209. The van der Waals surface area contributed by atoms with Gasteiger partial charge in [-0.25, -0.2) is 0 Å². The van der Waals surface area contributed by atoms with Crippen LogP contribution in [-0.4, -0.2) is 35.8 Å². The van der Waals surface area contributed by atoms with Crippen LogP contribution in [0.1, 0.15) is 33.1 Å². The lowest BCUT2D eigenvalue weighted by Crippen LogP contribution is -2.44. The van der Waals surface area contributed by atoms with E-state index in [-0.39, 0.29) is 22.7 Å². The van der Waals surface area contributed by atoms with Crippen molar-refractivity contribution in [3.8, 4) is 0 Å². The van der Waals surface area contributed by atoms with Gasteiger partial charge < -0.3 is 15.5 Å². The van der Waals surface area contributed by atoms with Crippen molar-refractivity contribution in [1.29, 1.82) is 0 Å². The maximum Gasteiger partial charge on any atom is 0.237 e. The van der Waals surface area contributed by atoms with Crippen LogP contribution in [-0.2, 0) is 9.59 Å². The van der Waals surface area contributed by atoms with E-state index in [0.29, 0.717) is 6.42 Å². The quantitative estimate of drug-likeness (QED) is 0.770. The minimum absolute atomic E-state index is 0.0507. The highest BCUT2D eigenvalue weighted by atomic mass is 79.9. The zero-order chi connectivity index (χ0) is 16.8. The number of piperidine rings is 1. The first-order valence-electron chi connectivity index (χ1n) is 8.09. The molecule has 5 nitrogen and oxygen atoms in total. The van der Waals surface area contributed by atoms with Crippen LogP contribution in [0.25, 0.3) is 0 Å². The molecule has 1 aromatic carbocycles. The van der Waals surface area contributed by atoms with Crippen LogP contribution < -0.4 is 15.5 Å². The van der Waals surface area contributed by atoms with E-state index in [9.17, 15) is 9.59 Å². The van der Waals surface area contributed by atoms with Crippen molar-refractivity contribution in [2.24, 2.45) is 0 Å². The summed E-state index contributed by atoms with van der Waals surface area (Å²) in [5.74, 6) is 0.0785. The molecule has 1 heterocycles. The maximum absolute atomic E-state index is 11.6. The zero-order valence-electron chi connectivity index (χ0n) is 13.6. The first-order chi connectivity index (χ1) is 11.0. The van der Waals surface area contributed by atoms with Crippen molar-refractivity contribution >= 4 is 39.1 Å². The summed E-state index contributed by atoms with van der Waals surface area (Å²) < 4.78 is 0. The average molecular weight is 382 g/mol. The molecule has 0 saturated carbocycles. The van der Waals surface area contributed by atoms with Gasteiger partial charge in [0.1, 0.15) is 0 Å². The summed E-state index contributed by atoms with van der Waals surface area (Å²) in [7, 11) is 0. The minimum Gasteiger partial charge on any atom is -0.371 e. The third-order valence-electron chi connectivity index (χ3n) is 4.04. The second-order valence-corrected chi connectivity index (χ2v) is 7.21. The molecule has 1 fully saturated rings. The van der Waals surface area contributed by atoms with Crippen molar-refractivity contribution in [3.05, 3.63) is 24.3 Å². The lowest BCUT2D eigenvalue weighted by atomic mass is 10.0. The molecular formula is C17H24BrN3O2. The number of alkyl halides is 1. The highest BCUT2D eigenvalue weighted by Crippen LogP contribution is 2.22. The Balaban J connectivity index is 1.86. The van der Waals surface area contributed by atoms with Gasteiger partial charge in [-0.3, -0.25) is 9.59 Å². The fourth-order valence-corrected chi connectivity index (χ4v) is 2.72. The highest BCUT2D eigenvalue weighted by Gasteiger charge is 2.20. The number of rotatable bonds is 5. The molecule has 1 aliphatic heterocycles. The van der Waals surface area contributed by atoms with Crippen LogP contribution in [0.3, 0.4) is 0 Å². The fourth-order valence-electron chi connectivity index (χ4n) is 2.61. The standard InChI is InChI=1S/C17H24BrN3O2/c1-3-16(22)19-14-8-10-21(11-9-14)15-6-4-13(5-7-15)20-17(23)12(2)18/h4-7,12,14H,3,8-11H2,1-2H3,(H,19,22)(H,20,23). The number of nitrogens with zero attached hydrogens (tertiary/aromatic N) is 1. The molecule has 2 rings (SSSR count). The van der Waals surface area contributed by atoms with Crippen LogP contribution >= 0.6 is 15.9 Å². The molecule has 0 bridgehead atoms. The first-order valence-corrected chi connectivity index (χ1v) is 9.00. The Bertz CT molecular complexity index is 537. The third-order valence-corrected chi connectivity index (χ3v) is 4.46. The number of amides is 2. The lowest BCUT2D eigenvalue weighted by molar-refractivity contribution is -0.121. The van der Waals surface area contributed by atoms with E-state index in [0.717, 1.165) is 37.3 Å². The number of hydrogen-bond donors (Lipinski definition) is 2. The summed E-state index contributed by atoms with van der Waals surface area (Å²) in [5, 5.41) is 5.92. The van der Waals surface area contributed by atoms with Crippen LogP contribution in [0, 0.1) is 0 Å². The molecule has 0 spiro atoms. The predicted molar refractivity (Wildman–Crippen MR) is 97.1 cm³/mol. The molecule has 0 radical (unpaired) electrons. The van der Waals surface area contributed by atoms with Crippen molar-refractivity contribution in [2.75, 3.05) is 23.3 Å². The Morgan fingerprint density at radius 3 is 2.39 bits per heavy atom. The van der Waals surface area contributed by atoms with Gasteiger partial charge in [0.15, 0.2) is 0 Å². The molecule has 1 atom stereocenters. The van der Waals surface area contributed by atoms with Gasteiger partial charge in [-0.1, -0.05) is 22.9 Å². The highest BCUT2D eigenvalue weighted by molar-refractivity contribution is 9.10. The molecule has 23 heavy (non-hydrogen) atoms. The summed E-state index contributed by atoms with van der Waals surface area (Å²) in [5.41, 5.74) is 1.95. The summed E-state index contributed by atoms with van der Waals surface area (Å²) in [6.45, 7) is 5.53. The molecule has 0 aromatic heterocycles. The average Bonchev–Trinajstić information content (AvgIpc) is 2.56. The summed E-state index contributed by atoms with van der Waals surface area (Å²) in [4.78, 5) is 25.2. The molecule has 1 saturated heterocycles. The first kappa shape index (κ1) is 17.8. The van der Waals surface area contributed by atoms with Gasteiger partial charge in [0.2, 0.25) is 11.8 Å². The smallest absolute Gasteiger partial charge is 0.237 e. The van der Waals surface area contributed by atoms with E-state index < -0.39 is 0 Å². The van der Waals surface area contributed by atoms with E-state index in [4.69, 9.17) is 0 Å². The van der Waals surface area contributed by atoms with Crippen LogP contribution in [0.15, 0.2) is 24.3 Å². The topological polar surface area (TPSA) is 61.4 Å². The van der Waals surface area contributed by atoms with Gasteiger partial charge in [0.05, 0.1) is 4.83 Å². The number of carbonyl (C=O) groups excluding carboxylic acids is 2. The third kappa shape index (κ3) is 5.23. The summed E-state index contributed by atoms with van der Waals surface area (Å²) in [6.07, 6.45) is 2.47.